The van der Waals surface area contributed by atoms with Crippen LogP contribution in [0.3, 0.4) is 0 Å². The first-order valence-electron chi connectivity index (χ1n) is 5.68. The van der Waals surface area contributed by atoms with Crippen molar-refractivity contribution in [3.05, 3.63) is 29.3 Å². The maximum atomic E-state index is 11.3. The van der Waals surface area contributed by atoms with Crippen LogP contribution in [0, 0.1) is 6.92 Å². The molecule has 0 aromatic heterocycles. The molecular formula is C13H19NO3. The number of ether oxygens (including phenoxy) is 1. The predicted molar refractivity (Wildman–Crippen MR) is 65.9 cm³/mol. The Labute approximate surface area is 102 Å². The molecule has 0 atom stereocenters. The first kappa shape index (κ1) is 13.5. The molecule has 94 valence electrons. The van der Waals surface area contributed by atoms with Gasteiger partial charge in [-0.3, -0.25) is 4.79 Å². The highest BCUT2D eigenvalue weighted by Crippen LogP contribution is 2.18. The van der Waals surface area contributed by atoms with E-state index in [0.29, 0.717) is 19.4 Å². The zero-order valence-corrected chi connectivity index (χ0v) is 10.3. The molecule has 1 aromatic rings. The van der Waals surface area contributed by atoms with Gasteiger partial charge in [0.2, 0.25) is 5.91 Å². The van der Waals surface area contributed by atoms with E-state index >= 15 is 0 Å². The number of aryl methyl sites for hydroxylation is 1. The van der Waals surface area contributed by atoms with Crippen molar-refractivity contribution < 1.29 is 14.6 Å². The lowest BCUT2D eigenvalue weighted by Gasteiger charge is -2.08. The quantitative estimate of drug-likeness (QED) is 0.786. The van der Waals surface area contributed by atoms with Gasteiger partial charge in [0.25, 0.3) is 0 Å². The van der Waals surface area contributed by atoms with Crippen molar-refractivity contribution in [2.45, 2.75) is 26.3 Å². The minimum atomic E-state index is -0.0347. The van der Waals surface area contributed by atoms with Gasteiger partial charge >= 0.3 is 0 Å². The molecule has 0 aliphatic carbocycles. The number of rotatable bonds is 6. The van der Waals surface area contributed by atoms with Crippen molar-refractivity contribution in [1.82, 2.24) is 5.32 Å². The highest BCUT2D eigenvalue weighted by molar-refractivity contribution is 5.75. The Morgan fingerprint density at radius 3 is 2.82 bits per heavy atom. The van der Waals surface area contributed by atoms with Crippen LogP contribution in [-0.4, -0.2) is 24.7 Å². The molecule has 1 aromatic carbocycles. The fraction of sp³-hybridized carbons (Fsp3) is 0.462. The number of nitrogens with one attached hydrogen (secondary N) is 1. The summed E-state index contributed by atoms with van der Waals surface area (Å²) >= 11 is 0. The second-order valence-corrected chi connectivity index (χ2v) is 3.91. The lowest BCUT2D eigenvalue weighted by Crippen LogP contribution is -2.22. The molecule has 0 saturated heterocycles. The zero-order valence-electron chi connectivity index (χ0n) is 10.3. The molecule has 2 N–H and O–H groups in total. The van der Waals surface area contributed by atoms with E-state index in [2.05, 4.69) is 5.32 Å². The molecule has 0 unspecified atom stereocenters. The molecule has 0 aliphatic heterocycles. The fourth-order valence-corrected chi connectivity index (χ4v) is 1.58. The Morgan fingerprint density at radius 2 is 2.24 bits per heavy atom. The van der Waals surface area contributed by atoms with Crippen LogP contribution in [0.5, 0.6) is 5.75 Å². The van der Waals surface area contributed by atoms with E-state index in [0.717, 1.165) is 16.9 Å². The largest absolute Gasteiger partial charge is 0.496 e. The fourth-order valence-electron chi connectivity index (χ4n) is 1.58. The van der Waals surface area contributed by atoms with Crippen molar-refractivity contribution in [3.8, 4) is 5.75 Å². The van der Waals surface area contributed by atoms with Crippen molar-refractivity contribution in [1.29, 1.82) is 0 Å². The van der Waals surface area contributed by atoms with Crippen molar-refractivity contribution in [3.63, 3.8) is 0 Å². The van der Waals surface area contributed by atoms with Crippen molar-refractivity contribution in [2.75, 3.05) is 13.7 Å². The highest BCUT2D eigenvalue weighted by Gasteiger charge is 2.03. The number of aliphatic hydroxyl groups excluding tert-OH is 1. The highest BCUT2D eigenvalue weighted by atomic mass is 16.5. The summed E-state index contributed by atoms with van der Waals surface area (Å²) in [5.41, 5.74) is 2.09. The third-order valence-corrected chi connectivity index (χ3v) is 2.51. The third kappa shape index (κ3) is 4.44. The molecule has 0 radical (unpaired) electrons. The summed E-state index contributed by atoms with van der Waals surface area (Å²) in [4.78, 5) is 11.3. The molecule has 0 fully saturated rings. The molecule has 0 bridgehead atoms. The molecule has 0 aliphatic rings. The summed E-state index contributed by atoms with van der Waals surface area (Å²) in [6, 6.07) is 5.81. The second kappa shape index (κ2) is 6.91. The smallest absolute Gasteiger partial charge is 0.220 e. The van der Waals surface area contributed by atoms with E-state index < -0.39 is 0 Å². The third-order valence-electron chi connectivity index (χ3n) is 2.51. The standard InChI is InChI=1S/C13H19NO3/c1-10-8-11(5-6-12(10)17-2)9-14-13(16)4-3-7-15/h5-6,8,15H,3-4,7,9H2,1-2H3,(H,14,16). The van der Waals surface area contributed by atoms with Crippen molar-refractivity contribution >= 4 is 5.91 Å². The number of methoxy groups -OCH3 is 1. The molecule has 0 saturated carbocycles. The Morgan fingerprint density at radius 1 is 1.47 bits per heavy atom. The van der Waals surface area contributed by atoms with Crippen LogP contribution in [-0.2, 0) is 11.3 Å². The first-order chi connectivity index (χ1) is 8.17. The summed E-state index contributed by atoms with van der Waals surface area (Å²) in [6.45, 7) is 2.53. The van der Waals surface area contributed by atoms with Gasteiger partial charge in [0.05, 0.1) is 7.11 Å². The topological polar surface area (TPSA) is 58.6 Å². The Kier molecular flexibility index (Phi) is 5.49. The van der Waals surface area contributed by atoms with Gasteiger partial charge in [-0.2, -0.15) is 0 Å². The second-order valence-electron chi connectivity index (χ2n) is 3.91. The number of carbonyl (C=O) groups excluding carboxylic acids is 1. The SMILES string of the molecule is COc1ccc(CNC(=O)CCCO)cc1C. The van der Waals surface area contributed by atoms with Gasteiger partial charge in [-0.05, 0) is 30.5 Å². The molecule has 0 heterocycles. The minimum Gasteiger partial charge on any atom is -0.496 e. The van der Waals surface area contributed by atoms with Crippen LogP contribution in [0.4, 0.5) is 0 Å². The van der Waals surface area contributed by atoms with Crippen LogP contribution in [0.2, 0.25) is 0 Å². The average Bonchev–Trinajstić information content (AvgIpc) is 2.34. The first-order valence-corrected chi connectivity index (χ1v) is 5.68. The predicted octanol–water partition coefficient (Wildman–Crippen LogP) is 1.39. The number of benzene rings is 1. The lowest BCUT2D eigenvalue weighted by atomic mass is 10.1. The monoisotopic (exact) mass is 237 g/mol. The van der Waals surface area contributed by atoms with E-state index in [1.54, 1.807) is 7.11 Å². The Hall–Kier alpha value is -1.55. The molecular weight excluding hydrogens is 218 g/mol. The van der Waals surface area contributed by atoms with Crippen molar-refractivity contribution in [2.24, 2.45) is 0 Å². The number of aliphatic hydroxyl groups is 1. The molecule has 4 heteroatoms. The molecule has 4 nitrogen and oxygen atoms in total. The number of amides is 1. The van der Waals surface area contributed by atoms with E-state index in [1.807, 2.05) is 25.1 Å². The summed E-state index contributed by atoms with van der Waals surface area (Å²) < 4.78 is 5.16. The van der Waals surface area contributed by atoms with Gasteiger partial charge in [0.1, 0.15) is 5.75 Å². The van der Waals surface area contributed by atoms with Gasteiger partial charge in [-0.1, -0.05) is 12.1 Å². The van der Waals surface area contributed by atoms with Gasteiger partial charge in [-0.15, -0.1) is 0 Å². The van der Waals surface area contributed by atoms with Crippen LogP contribution in [0.1, 0.15) is 24.0 Å². The molecule has 1 rings (SSSR count). The van der Waals surface area contributed by atoms with E-state index in [9.17, 15) is 4.79 Å². The van der Waals surface area contributed by atoms with Crippen LogP contribution in [0.25, 0.3) is 0 Å². The summed E-state index contributed by atoms with van der Waals surface area (Å²) in [7, 11) is 1.64. The summed E-state index contributed by atoms with van der Waals surface area (Å²) in [5, 5.41) is 11.4. The van der Waals surface area contributed by atoms with Crippen LogP contribution in [0.15, 0.2) is 18.2 Å². The molecule has 1 amide bonds. The average molecular weight is 237 g/mol. The van der Waals surface area contributed by atoms with Crippen LogP contribution >= 0.6 is 0 Å². The Balaban J connectivity index is 2.47. The van der Waals surface area contributed by atoms with Gasteiger partial charge < -0.3 is 15.2 Å². The maximum absolute atomic E-state index is 11.3. The summed E-state index contributed by atoms with van der Waals surface area (Å²) in [6.07, 6.45) is 0.874. The normalized spacial score (nSPS) is 10.1. The number of carbonyl (C=O) groups is 1. The van der Waals surface area contributed by atoms with E-state index in [-0.39, 0.29) is 12.5 Å². The maximum Gasteiger partial charge on any atom is 0.220 e. The van der Waals surface area contributed by atoms with Gasteiger partial charge in [0.15, 0.2) is 0 Å². The lowest BCUT2D eigenvalue weighted by molar-refractivity contribution is -0.121. The number of hydrogen-bond acceptors (Lipinski definition) is 3. The minimum absolute atomic E-state index is 0.0347. The van der Waals surface area contributed by atoms with E-state index in [1.165, 1.54) is 0 Å². The molecule has 17 heavy (non-hydrogen) atoms. The molecule has 0 spiro atoms. The summed E-state index contributed by atoms with van der Waals surface area (Å²) in [5.74, 6) is 0.813. The van der Waals surface area contributed by atoms with Crippen LogP contribution < -0.4 is 10.1 Å². The van der Waals surface area contributed by atoms with Gasteiger partial charge in [0, 0.05) is 19.6 Å². The zero-order chi connectivity index (χ0) is 12.7. The number of hydrogen-bond donors (Lipinski definition) is 2. The van der Waals surface area contributed by atoms with Gasteiger partial charge in [-0.25, -0.2) is 0 Å². The Bertz CT molecular complexity index is 377. The van der Waals surface area contributed by atoms with E-state index in [4.69, 9.17) is 9.84 Å².